The maximum atomic E-state index is 11.8. The number of rotatable bonds is 0. The lowest BCUT2D eigenvalue weighted by Crippen LogP contribution is -2.46. The van der Waals surface area contributed by atoms with Crippen LogP contribution >= 0.6 is 11.6 Å². The number of amides is 1. The highest BCUT2D eigenvalue weighted by Gasteiger charge is 2.41. The fraction of sp³-hybridized carbons (Fsp3) is 0.417. The minimum Gasteiger partial charge on any atom is -0.377 e. The van der Waals surface area contributed by atoms with Gasteiger partial charge >= 0.3 is 0 Å². The highest BCUT2D eigenvalue weighted by Crippen LogP contribution is 2.43. The van der Waals surface area contributed by atoms with Crippen LogP contribution in [-0.4, -0.2) is 11.4 Å². The number of fused-ring (bicyclic) bond motifs is 1. The molecule has 1 aromatic rings. The van der Waals surface area contributed by atoms with Crippen molar-refractivity contribution in [2.45, 2.75) is 31.2 Å². The molecule has 0 radical (unpaired) electrons. The van der Waals surface area contributed by atoms with E-state index in [0.29, 0.717) is 11.4 Å². The van der Waals surface area contributed by atoms with E-state index in [0.717, 1.165) is 24.2 Å². The van der Waals surface area contributed by atoms with Crippen molar-refractivity contribution in [1.82, 2.24) is 0 Å². The molecular formula is C12H13ClN2O. The summed E-state index contributed by atoms with van der Waals surface area (Å²) in [4.78, 5) is 11.8. The Morgan fingerprint density at radius 1 is 1.31 bits per heavy atom. The molecule has 0 atom stereocenters. The molecule has 16 heavy (non-hydrogen) atoms. The van der Waals surface area contributed by atoms with Gasteiger partial charge in [0.2, 0.25) is 5.91 Å². The molecule has 1 saturated carbocycles. The Labute approximate surface area is 99.2 Å². The van der Waals surface area contributed by atoms with E-state index in [1.807, 2.05) is 12.1 Å². The molecule has 1 aromatic carbocycles. The quantitative estimate of drug-likeness (QED) is 0.727. The Hall–Kier alpha value is -1.22. The van der Waals surface area contributed by atoms with Crippen LogP contribution in [0.5, 0.6) is 0 Å². The second kappa shape index (κ2) is 3.39. The van der Waals surface area contributed by atoms with Crippen LogP contribution in [0.25, 0.3) is 0 Å². The molecule has 84 valence electrons. The molecule has 3 nitrogen and oxygen atoms in total. The van der Waals surface area contributed by atoms with E-state index < -0.39 is 0 Å². The SMILES string of the molecule is O=C1CC2(CCC2)Nc2cccc(Cl)c2N1. The lowest BCUT2D eigenvalue weighted by atomic mass is 9.74. The Bertz CT molecular complexity index is 454. The first-order chi connectivity index (χ1) is 7.69. The number of hydrogen-bond donors (Lipinski definition) is 2. The van der Waals surface area contributed by atoms with Gasteiger partial charge in [-0.25, -0.2) is 0 Å². The molecule has 1 heterocycles. The predicted molar refractivity (Wildman–Crippen MR) is 64.9 cm³/mol. The van der Waals surface area contributed by atoms with E-state index in [4.69, 9.17) is 11.6 Å². The zero-order valence-electron chi connectivity index (χ0n) is 8.85. The first-order valence-electron chi connectivity index (χ1n) is 5.55. The summed E-state index contributed by atoms with van der Waals surface area (Å²) < 4.78 is 0. The molecule has 0 aromatic heterocycles. The topological polar surface area (TPSA) is 41.1 Å². The van der Waals surface area contributed by atoms with Crippen LogP contribution in [0.2, 0.25) is 5.02 Å². The second-order valence-electron chi connectivity index (χ2n) is 4.65. The van der Waals surface area contributed by atoms with Gasteiger partial charge in [0.05, 0.1) is 16.4 Å². The van der Waals surface area contributed by atoms with Crippen LogP contribution in [0.15, 0.2) is 18.2 Å². The molecule has 1 fully saturated rings. The summed E-state index contributed by atoms with van der Waals surface area (Å²) in [6, 6.07) is 5.66. The van der Waals surface area contributed by atoms with Crippen molar-refractivity contribution < 1.29 is 4.79 Å². The van der Waals surface area contributed by atoms with Gasteiger partial charge in [0.25, 0.3) is 0 Å². The van der Waals surface area contributed by atoms with E-state index >= 15 is 0 Å². The zero-order chi connectivity index (χ0) is 11.2. The standard InChI is InChI=1S/C12H13ClN2O/c13-8-3-1-4-9-11(8)14-10(16)7-12(15-9)5-2-6-12/h1,3-4,15H,2,5-7H2,(H,14,16). The van der Waals surface area contributed by atoms with Crippen molar-refractivity contribution in [3.05, 3.63) is 23.2 Å². The number of carbonyl (C=O) groups excluding carboxylic acids is 1. The average molecular weight is 237 g/mol. The van der Waals surface area contributed by atoms with Crippen LogP contribution in [0.4, 0.5) is 11.4 Å². The third-order valence-electron chi connectivity index (χ3n) is 3.49. The molecule has 0 unspecified atom stereocenters. The van der Waals surface area contributed by atoms with Gasteiger partial charge in [-0.2, -0.15) is 0 Å². The van der Waals surface area contributed by atoms with E-state index in [9.17, 15) is 4.79 Å². The van der Waals surface area contributed by atoms with Gasteiger partial charge in [-0.3, -0.25) is 4.79 Å². The third-order valence-corrected chi connectivity index (χ3v) is 3.80. The maximum Gasteiger partial charge on any atom is 0.226 e. The van der Waals surface area contributed by atoms with Crippen molar-refractivity contribution >= 4 is 28.9 Å². The first-order valence-corrected chi connectivity index (χ1v) is 5.93. The van der Waals surface area contributed by atoms with E-state index in [1.54, 1.807) is 6.07 Å². The predicted octanol–water partition coefficient (Wildman–Crippen LogP) is 3.02. The normalized spacial score (nSPS) is 21.4. The molecule has 2 N–H and O–H groups in total. The van der Waals surface area contributed by atoms with E-state index in [1.165, 1.54) is 6.42 Å². The molecule has 0 saturated heterocycles. The van der Waals surface area contributed by atoms with Crippen molar-refractivity contribution in [3.8, 4) is 0 Å². The number of hydrogen-bond acceptors (Lipinski definition) is 2. The highest BCUT2D eigenvalue weighted by molar-refractivity contribution is 6.34. The summed E-state index contributed by atoms with van der Waals surface area (Å²) in [5, 5.41) is 6.95. The Balaban J connectivity index is 2.05. The summed E-state index contributed by atoms with van der Waals surface area (Å²) in [6.07, 6.45) is 3.85. The van der Waals surface area contributed by atoms with Crippen molar-refractivity contribution in [1.29, 1.82) is 0 Å². The van der Waals surface area contributed by atoms with E-state index in [-0.39, 0.29) is 11.4 Å². The van der Waals surface area contributed by atoms with Crippen molar-refractivity contribution in [2.24, 2.45) is 0 Å². The second-order valence-corrected chi connectivity index (χ2v) is 5.05. The monoisotopic (exact) mass is 236 g/mol. The van der Waals surface area contributed by atoms with Crippen molar-refractivity contribution in [3.63, 3.8) is 0 Å². The van der Waals surface area contributed by atoms with Crippen LogP contribution in [0.3, 0.4) is 0 Å². The van der Waals surface area contributed by atoms with Gasteiger partial charge in [0.1, 0.15) is 0 Å². The number of carbonyl (C=O) groups is 1. The summed E-state index contributed by atoms with van der Waals surface area (Å²) >= 11 is 6.08. The van der Waals surface area contributed by atoms with Crippen LogP contribution < -0.4 is 10.6 Å². The molecule has 1 aliphatic heterocycles. The zero-order valence-corrected chi connectivity index (χ0v) is 9.60. The molecule has 4 heteroatoms. The molecular weight excluding hydrogens is 224 g/mol. The van der Waals surface area contributed by atoms with Crippen LogP contribution in [0, 0.1) is 0 Å². The Morgan fingerprint density at radius 2 is 2.12 bits per heavy atom. The van der Waals surface area contributed by atoms with Gasteiger partial charge in [-0.15, -0.1) is 0 Å². The fourth-order valence-electron chi connectivity index (χ4n) is 2.48. The number of benzene rings is 1. The minimum atomic E-state index is -0.0278. The van der Waals surface area contributed by atoms with Crippen LogP contribution in [0.1, 0.15) is 25.7 Å². The smallest absolute Gasteiger partial charge is 0.226 e. The molecule has 1 aliphatic carbocycles. The number of anilines is 2. The number of para-hydroxylation sites is 1. The highest BCUT2D eigenvalue weighted by atomic mass is 35.5. The van der Waals surface area contributed by atoms with Crippen molar-refractivity contribution in [2.75, 3.05) is 10.6 Å². The molecule has 2 aliphatic rings. The summed E-state index contributed by atoms with van der Waals surface area (Å²) in [5.74, 6) is 0.0547. The molecule has 3 rings (SSSR count). The van der Waals surface area contributed by atoms with Gasteiger partial charge < -0.3 is 10.6 Å². The minimum absolute atomic E-state index is 0.0278. The molecule has 1 spiro atoms. The van der Waals surface area contributed by atoms with Crippen LogP contribution in [-0.2, 0) is 4.79 Å². The number of halogens is 1. The fourth-order valence-corrected chi connectivity index (χ4v) is 2.70. The lowest BCUT2D eigenvalue weighted by Gasteiger charge is -2.41. The lowest BCUT2D eigenvalue weighted by molar-refractivity contribution is -0.117. The summed E-state index contributed by atoms with van der Waals surface area (Å²) in [7, 11) is 0. The molecule has 1 amide bonds. The van der Waals surface area contributed by atoms with Gasteiger partial charge in [-0.1, -0.05) is 17.7 Å². The van der Waals surface area contributed by atoms with Gasteiger partial charge in [-0.05, 0) is 31.4 Å². The summed E-state index contributed by atoms with van der Waals surface area (Å²) in [6.45, 7) is 0. The largest absolute Gasteiger partial charge is 0.377 e. The number of nitrogens with one attached hydrogen (secondary N) is 2. The Morgan fingerprint density at radius 3 is 2.81 bits per heavy atom. The first kappa shape index (κ1) is 9.97. The third kappa shape index (κ3) is 1.47. The Kier molecular flexibility index (Phi) is 2.11. The molecule has 0 bridgehead atoms. The van der Waals surface area contributed by atoms with Gasteiger partial charge in [0.15, 0.2) is 0 Å². The van der Waals surface area contributed by atoms with Gasteiger partial charge in [0, 0.05) is 12.0 Å². The summed E-state index contributed by atoms with van der Waals surface area (Å²) in [5.41, 5.74) is 1.64. The van der Waals surface area contributed by atoms with E-state index in [2.05, 4.69) is 10.6 Å². The maximum absolute atomic E-state index is 11.8. The average Bonchev–Trinajstić information content (AvgIpc) is 2.34.